The smallest absolute Gasteiger partial charge is 0.153 e. The van der Waals surface area contributed by atoms with Gasteiger partial charge in [-0.3, -0.25) is 0 Å². The average molecular weight is 327 g/mol. The number of nitrogens with two attached hydrogens (primary N) is 1. The van der Waals surface area contributed by atoms with E-state index in [4.69, 9.17) is 17.4 Å². The highest BCUT2D eigenvalue weighted by atomic mass is 79.9. The van der Waals surface area contributed by atoms with Gasteiger partial charge >= 0.3 is 0 Å². The number of hydrogen-bond donors (Lipinski definition) is 1. The number of aliphatic imine (C=N–C) groups is 1. The van der Waals surface area contributed by atoms with Crippen molar-refractivity contribution >= 4 is 38.4 Å². The maximum atomic E-state index is 6.11. The van der Waals surface area contributed by atoms with Crippen molar-refractivity contribution in [1.82, 2.24) is 0 Å². The molecule has 2 rings (SSSR count). The van der Waals surface area contributed by atoms with Gasteiger partial charge in [-0.15, -0.1) is 0 Å². The van der Waals surface area contributed by atoms with Gasteiger partial charge in [0.15, 0.2) is 5.17 Å². The first-order valence-corrected chi connectivity index (χ1v) is 6.68. The van der Waals surface area contributed by atoms with Crippen molar-refractivity contribution in [3.63, 3.8) is 0 Å². The Morgan fingerprint density at radius 2 is 2.11 bits per heavy atom. The minimum Gasteiger partial charge on any atom is -0.323 e. The fourth-order valence-corrected chi connectivity index (χ4v) is 2.11. The van der Waals surface area contributed by atoms with Gasteiger partial charge in [0.25, 0.3) is 0 Å². The van der Waals surface area contributed by atoms with Crippen molar-refractivity contribution in [2.24, 2.45) is 15.9 Å². The van der Waals surface area contributed by atoms with Gasteiger partial charge in [0.2, 0.25) is 0 Å². The normalized spacial score (nSPS) is 29.7. The Morgan fingerprint density at radius 3 is 2.83 bits per heavy atom. The lowest BCUT2D eigenvalue weighted by Gasteiger charge is -2.09. The first-order chi connectivity index (χ1) is 8.52. The molecule has 0 spiro atoms. The van der Waals surface area contributed by atoms with Crippen LogP contribution >= 0.6 is 27.5 Å². The van der Waals surface area contributed by atoms with Crippen molar-refractivity contribution in [2.75, 3.05) is 0 Å². The molecule has 0 aromatic rings. The van der Waals surface area contributed by atoms with Crippen LogP contribution in [0.2, 0.25) is 0 Å². The molecule has 0 fully saturated rings. The number of rotatable bonds is 0. The Morgan fingerprint density at radius 1 is 1.39 bits per heavy atom. The molecule has 1 aliphatic carbocycles. The van der Waals surface area contributed by atoms with Crippen LogP contribution in [-0.2, 0) is 0 Å². The molecule has 94 valence electrons. The monoisotopic (exact) mass is 325 g/mol. The quantitative estimate of drug-likeness (QED) is 0.414. The van der Waals surface area contributed by atoms with E-state index in [1.807, 2.05) is 30.4 Å². The standard InChI is InChI=1S/C13H13BrClN3/c1-13(14)7-5-9-3-2-4-11(18-16)12(15)17-10(9)6-8-13/h2-3,5-8H,4,16H2,1H3/b3-2?,17-12?,18-11+. The summed E-state index contributed by atoms with van der Waals surface area (Å²) < 4.78 is -0.172. The van der Waals surface area contributed by atoms with Crippen molar-refractivity contribution in [3.05, 3.63) is 47.7 Å². The first kappa shape index (κ1) is 13.3. The highest BCUT2D eigenvalue weighted by Gasteiger charge is 2.16. The van der Waals surface area contributed by atoms with Crippen LogP contribution in [0.3, 0.4) is 0 Å². The molecule has 0 aromatic carbocycles. The summed E-state index contributed by atoms with van der Waals surface area (Å²) in [4.78, 5) is 4.38. The van der Waals surface area contributed by atoms with Crippen LogP contribution in [0, 0.1) is 0 Å². The molecule has 1 atom stereocenters. The van der Waals surface area contributed by atoms with E-state index in [0.717, 1.165) is 11.3 Å². The Hall–Kier alpha value is -1.13. The summed E-state index contributed by atoms with van der Waals surface area (Å²) in [5.41, 5.74) is 2.41. The van der Waals surface area contributed by atoms with E-state index in [2.05, 4.69) is 39.0 Å². The van der Waals surface area contributed by atoms with Gasteiger partial charge in [-0.1, -0.05) is 57.9 Å². The molecule has 5 heteroatoms. The summed E-state index contributed by atoms with van der Waals surface area (Å²) in [7, 11) is 0. The van der Waals surface area contributed by atoms with Crippen LogP contribution in [-0.4, -0.2) is 15.2 Å². The van der Waals surface area contributed by atoms with Gasteiger partial charge in [0.1, 0.15) is 5.71 Å². The number of nitrogens with zero attached hydrogens (tertiary/aromatic N) is 2. The third kappa shape index (κ3) is 3.00. The average Bonchev–Trinajstić information content (AvgIpc) is 2.43. The maximum absolute atomic E-state index is 6.11. The molecule has 0 amide bonds. The summed E-state index contributed by atoms with van der Waals surface area (Å²) in [6.45, 7) is 2.06. The van der Waals surface area contributed by atoms with Crippen LogP contribution in [0.15, 0.2) is 57.8 Å². The molecule has 0 saturated carbocycles. The maximum Gasteiger partial charge on any atom is 0.153 e. The molecular formula is C13H13BrClN3. The number of halogens is 2. The number of alkyl halides is 1. The van der Waals surface area contributed by atoms with Gasteiger partial charge in [-0.2, -0.15) is 5.10 Å². The summed E-state index contributed by atoms with van der Waals surface area (Å²) in [6, 6.07) is 0. The van der Waals surface area contributed by atoms with Crippen molar-refractivity contribution < 1.29 is 0 Å². The van der Waals surface area contributed by atoms with E-state index >= 15 is 0 Å². The highest BCUT2D eigenvalue weighted by molar-refractivity contribution is 9.10. The summed E-state index contributed by atoms with van der Waals surface area (Å²) in [6.07, 6.45) is 12.6. The van der Waals surface area contributed by atoms with Gasteiger partial charge in [-0.05, 0) is 18.6 Å². The third-order valence-electron chi connectivity index (χ3n) is 2.67. The van der Waals surface area contributed by atoms with Crippen LogP contribution in [0.4, 0.5) is 0 Å². The number of allylic oxidation sites excluding steroid dienone is 7. The molecule has 2 N–H and O–H groups in total. The summed E-state index contributed by atoms with van der Waals surface area (Å²) >= 11 is 9.71. The van der Waals surface area contributed by atoms with Gasteiger partial charge < -0.3 is 5.84 Å². The lowest BCUT2D eigenvalue weighted by molar-refractivity contribution is 1.03. The van der Waals surface area contributed by atoms with Crippen molar-refractivity contribution in [3.8, 4) is 0 Å². The minimum atomic E-state index is -0.172. The molecule has 1 unspecified atom stereocenters. The number of hydrazone groups is 1. The Bertz CT molecular complexity index is 536. The van der Waals surface area contributed by atoms with E-state index in [1.165, 1.54) is 0 Å². The molecule has 3 nitrogen and oxygen atoms in total. The minimum absolute atomic E-state index is 0.172. The van der Waals surface area contributed by atoms with Crippen LogP contribution in [0.1, 0.15) is 13.3 Å². The highest BCUT2D eigenvalue weighted by Crippen LogP contribution is 2.28. The molecule has 2 aliphatic rings. The Kier molecular flexibility index (Phi) is 3.88. The molecule has 0 bridgehead atoms. The van der Waals surface area contributed by atoms with Crippen molar-refractivity contribution in [2.45, 2.75) is 17.7 Å². The topological polar surface area (TPSA) is 50.7 Å². The van der Waals surface area contributed by atoms with Gasteiger partial charge in [-0.25, -0.2) is 4.99 Å². The van der Waals surface area contributed by atoms with Gasteiger partial charge in [0.05, 0.1) is 10.0 Å². The predicted octanol–water partition coefficient (Wildman–Crippen LogP) is 3.43. The second-order valence-corrected chi connectivity index (χ2v) is 6.31. The largest absolute Gasteiger partial charge is 0.323 e. The van der Waals surface area contributed by atoms with E-state index < -0.39 is 0 Å². The summed E-state index contributed by atoms with van der Waals surface area (Å²) in [5.74, 6) is 5.29. The number of hydrogen-bond acceptors (Lipinski definition) is 3. The second-order valence-electron chi connectivity index (χ2n) is 4.24. The van der Waals surface area contributed by atoms with Crippen LogP contribution < -0.4 is 5.84 Å². The molecule has 18 heavy (non-hydrogen) atoms. The molecule has 0 saturated heterocycles. The lowest BCUT2D eigenvalue weighted by atomic mass is 10.1. The molecule has 1 heterocycles. The van der Waals surface area contributed by atoms with Crippen LogP contribution in [0.25, 0.3) is 0 Å². The van der Waals surface area contributed by atoms with E-state index in [0.29, 0.717) is 17.3 Å². The van der Waals surface area contributed by atoms with Crippen molar-refractivity contribution in [1.29, 1.82) is 0 Å². The lowest BCUT2D eigenvalue weighted by Crippen LogP contribution is -2.11. The third-order valence-corrected chi connectivity index (χ3v) is 3.50. The van der Waals surface area contributed by atoms with Crippen LogP contribution in [0.5, 0.6) is 0 Å². The van der Waals surface area contributed by atoms with Gasteiger partial charge in [0, 0.05) is 6.42 Å². The second kappa shape index (κ2) is 5.24. The first-order valence-electron chi connectivity index (χ1n) is 5.51. The Balaban J connectivity index is 2.51. The molecule has 0 aromatic heterocycles. The SMILES string of the molecule is CC1(Br)C=CC2=C(C=C1)N=C(Cl)/C(=N/N)CC=C2. The predicted molar refractivity (Wildman–Crippen MR) is 81.3 cm³/mol. The zero-order valence-corrected chi connectivity index (χ0v) is 12.2. The summed E-state index contributed by atoms with van der Waals surface area (Å²) in [5, 5.41) is 3.99. The molecular weight excluding hydrogens is 314 g/mol. The van der Waals surface area contributed by atoms with E-state index in [9.17, 15) is 0 Å². The van der Waals surface area contributed by atoms with E-state index in [1.54, 1.807) is 0 Å². The molecule has 1 aliphatic heterocycles. The zero-order chi connectivity index (χ0) is 13.2. The zero-order valence-electron chi connectivity index (χ0n) is 9.90. The fraction of sp³-hybridized carbons (Fsp3) is 0.231. The Labute approximate surface area is 120 Å². The molecule has 0 radical (unpaired) electrons. The fourth-order valence-electron chi connectivity index (χ4n) is 1.63. The van der Waals surface area contributed by atoms with E-state index in [-0.39, 0.29) is 4.32 Å².